The van der Waals surface area contributed by atoms with Crippen LogP contribution in [0.1, 0.15) is 26.3 Å². The van der Waals surface area contributed by atoms with Gasteiger partial charge in [-0.1, -0.05) is 48.5 Å². The van der Waals surface area contributed by atoms with Gasteiger partial charge in [0.15, 0.2) is 0 Å². The second-order valence-electron chi connectivity index (χ2n) is 3.89. The third-order valence-corrected chi connectivity index (χ3v) is 2.58. The van der Waals surface area contributed by atoms with Crippen molar-refractivity contribution in [1.82, 2.24) is 0 Å². The Balaban J connectivity index is 0.00000200. The average Bonchev–Trinajstić information content (AvgIpc) is 2.46. The van der Waals surface area contributed by atoms with E-state index in [0.29, 0.717) is 0 Å². The largest absolute Gasteiger partial charge is 1.00 e. The van der Waals surface area contributed by atoms with Crippen molar-refractivity contribution < 1.29 is 36.5 Å². The molecule has 0 N–H and O–H groups in total. The number of carboxylic acid groups (broad SMARTS) is 1. The maximum atomic E-state index is 11.8. The Bertz CT molecular complexity index is 596. The Hall–Kier alpha value is -2.10. The summed E-state index contributed by atoms with van der Waals surface area (Å²) in [7, 11) is 0. The van der Waals surface area contributed by atoms with E-state index < -0.39 is 11.9 Å². The first kappa shape index (κ1) is 16.0. The number of ether oxygens (including phenoxy) is 1. The van der Waals surface area contributed by atoms with Crippen LogP contribution in [0.4, 0.5) is 0 Å². The number of rotatable bonds is 4. The summed E-state index contributed by atoms with van der Waals surface area (Å²) >= 11 is 0. The Morgan fingerprint density at radius 2 is 1.45 bits per heavy atom. The van der Waals surface area contributed by atoms with Gasteiger partial charge in [0.25, 0.3) is 0 Å². The summed E-state index contributed by atoms with van der Waals surface area (Å²) in [6.45, 7) is 0.0983. The first-order valence-corrected chi connectivity index (χ1v) is 5.70. The fraction of sp³-hybridized carbons (Fsp3) is 0.0667. The van der Waals surface area contributed by atoms with Gasteiger partial charge in [-0.2, -0.15) is 0 Å². The van der Waals surface area contributed by atoms with Gasteiger partial charge in [-0.25, -0.2) is 4.79 Å². The second kappa shape index (κ2) is 7.48. The van der Waals surface area contributed by atoms with Crippen LogP contribution in [0.25, 0.3) is 0 Å². The third-order valence-electron chi connectivity index (χ3n) is 2.58. The summed E-state index contributed by atoms with van der Waals surface area (Å²) in [5.41, 5.74) is 0.667. The summed E-state index contributed by atoms with van der Waals surface area (Å²) in [4.78, 5) is 22.7. The molecule has 0 aromatic heterocycles. The molecule has 0 aliphatic heterocycles. The molecule has 2 rings (SSSR count). The van der Waals surface area contributed by atoms with Gasteiger partial charge < -0.3 is 14.6 Å². The van der Waals surface area contributed by atoms with Gasteiger partial charge in [-0.15, -0.1) is 0 Å². The molecule has 0 heterocycles. The zero-order valence-electron chi connectivity index (χ0n) is 10.3. The van der Waals surface area contributed by atoms with Crippen molar-refractivity contribution >= 4 is 11.9 Å². The van der Waals surface area contributed by atoms with Crippen molar-refractivity contribution in [2.45, 2.75) is 6.61 Å². The van der Waals surface area contributed by atoms with E-state index in [-0.39, 0.29) is 34.8 Å². The first-order chi connectivity index (χ1) is 9.18. The molecule has 0 aliphatic rings. The topological polar surface area (TPSA) is 66.4 Å². The smallest absolute Gasteiger partial charge is 0.545 e. The molecular formula is C15H11CuO4. The van der Waals surface area contributed by atoms with Crippen LogP contribution in [0.2, 0.25) is 0 Å². The third kappa shape index (κ3) is 3.95. The minimum absolute atomic E-state index is 0. The number of carbonyl (C=O) groups is 2. The van der Waals surface area contributed by atoms with E-state index in [1.165, 1.54) is 18.2 Å². The number of hydrogen-bond acceptors (Lipinski definition) is 4. The van der Waals surface area contributed by atoms with Crippen molar-refractivity contribution in [3.05, 3.63) is 71.3 Å². The molecular weight excluding hydrogens is 308 g/mol. The van der Waals surface area contributed by atoms with E-state index in [1.54, 1.807) is 6.07 Å². The molecule has 0 aliphatic carbocycles. The van der Waals surface area contributed by atoms with Gasteiger partial charge in [-0.05, 0) is 11.6 Å². The molecule has 2 aromatic rings. The van der Waals surface area contributed by atoms with Gasteiger partial charge >= 0.3 is 23.0 Å². The summed E-state index contributed by atoms with van der Waals surface area (Å²) < 4.78 is 5.07. The monoisotopic (exact) mass is 318 g/mol. The van der Waals surface area contributed by atoms with Crippen LogP contribution in [0.3, 0.4) is 0 Å². The molecule has 0 saturated heterocycles. The zero-order chi connectivity index (χ0) is 13.7. The normalized spacial score (nSPS) is 9.40. The molecule has 5 heteroatoms. The average molecular weight is 319 g/mol. The molecule has 0 atom stereocenters. The molecule has 0 bridgehead atoms. The van der Waals surface area contributed by atoms with Crippen LogP contribution in [0, 0.1) is 0 Å². The molecule has 4 nitrogen and oxygen atoms in total. The molecule has 0 radical (unpaired) electrons. The van der Waals surface area contributed by atoms with E-state index in [0.717, 1.165) is 5.56 Å². The number of benzene rings is 2. The van der Waals surface area contributed by atoms with E-state index in [9.17, 15) is 14.7 Å². The fourth-order valence-electron chi connectivity index (χ4n) is 1.64. The maximum Gasteiger partial charge on any atom is 1.00 e. The molecule has 0 spiro atoms. The number of carbonyl (C=O) groups excluding carboxylic acids is 2. The van der Waals surface area contributed by atoms with Crippen molar-refractivity contribution in [2.24, 2.45) is 0 Å². The molecule has 0 unspecified atom stereocenters. The summed E-state index contributed by atoms with van der Waals surface area (Å²) in [5.74, 6) is -2.07. The molecule has 20 heavy (non-hydrogen) atoms. The van der Waals surface area contributed by atoms with Crippen LogP contribution < -0.4 is 5.11 Å². The van der Waals surface area contributed by atoms with Crippen molar-refractivity contribution in [1.29, 1.82) is 0 Å². The predicted molar refractivity (Wildman–Crippen MR) is 66.3 cm³/mol. The summed E-state index contributed by atoms with van der Waals surface area (Å²) in [5, 5.41) is 10.9. The number of hydrogen-bond donors (Lipinski definition) is 0. The molecule has 0 fully saturated rings. The van der Waals surface area contributed by atoms with Crippen molar-refractivity contribution in [2.75, 3.05) is 0 Å². The maximum absolute atomic E-state index is 11.8. The van der Waals surface area contributed by atoms with Gasteiger partial charge in [0, 0.05) is 5.56 Å². The van der Waals surface area contributed by atoms with E-state index >= 15 is 0 Å². The van der Waals surface area contributed by atoms with Gasteiger partial charge in [-0.3, -0.25) is 0 Å². The van der Waals surface area contributed by atoms with E-state index in [4.69, 9.17) is 4.74 Å². The molecule has 106 valence electrons. The van der Waals surface area contributed by atoms with Crippen LogP contribution in [-0.2, 0) is 28.4 Å². The van der Waals surface area contributed by atoms with Crippen LogP contribution in [-0.4, -0.2) is 11.9 Å². The van der Waals surface area contributed by atoms with Gasteiger partial charge in [0.05, 0.1) is 11.5 Å². The Kier molecular flexibility index (Phi) is 5.97. The Labute approximate surface area is 126 Å². The van der Waals surface area contributed by atoms with E-state index in [1.807, 2.05) is 30.3 Å². The SMILES string of the molecule is O=C([O-])c1ccccc1C(=O)OCc1ccccc1.[Cu+]. The number of aromatic carboxylic acids is 1. The van der Waals surface area contributed by atoms with Gasteiger partial charge in [0.2, 0.25) is 0 Å². The quantitative estimate of drug-likeness (QED) is 0.631. The molecule has 0 saturated carbocycles. The summed E-state index contributed by atoms with van der Waals surface area (Å²) in [6.07, 6.45) is 0. The van der Waals surface area contributed by atoms with Crippen LogP contribution >= 0.6 is 0 Å². The standard InChI is InChI=1S/C15H12O4.Cu/c16-14(17)12-8-4-5-9-13(12)15(18)19-10-11-6-2-1-3-7-11;/h1-9H,10H2,(H,16,17);/q;+1/p-1. The zero-order valence-corrected chi connectivity index (χ0v) is 11.3. The Morgan fingerprint density at radius 3 is 2.05 bits per heavy atom. The fourth-order valence-corrected chi connectivity index (χ4v) is 1.64. The second-order valence-corrected chi connectivity index (χ2v) is 3.89. The summed E-state index contributed by atoms with van der Waals surface area (Å²) in [6, 6.07) is 15.0. The van der Waals surface area contributed by atoms with Crippen LogP contribution in [0.5, 0.6) is 0 Å². The van der Waals surface area contributed by atoms with Crippen molar-refractivity contribution in [3.63, 3.8) is 0 Å². The Morgan fingerprint density at radius 1 is 0.900 bits per heavy atom. The van der Waals surface area contributed by atoms with Gasteiger partial charge in [0.1, 0.15) is 6.61 Å². The van der Waals surface area contributed by atoms with Crippen LogP contribution in [0.15, 0.2) is 54.6 Å². The minimum Gasteiger partial charge on any atom is -0.545 e. The predicted octanol–water partition coefficient (Wildman–Crippen LogP) is 1.40. The minimum atomic E-state index is -1.40. The van der Waals surface area contributed by atoms with Crippen molar-refractivity contribution in [3.8, 4) is 0 Å². The number of carboxylic acids is 1. The molecule has 0 amide bonds. The first-order valence-electron chi connectivity index (χ1n) is 5.70. The molecule has 2 aromatic carbocycles. The van der Waals surface area contributed by atoms with E-state index in [2.05, 4.69) is 0 Å². The number of esters is 1.